The Hall–Kier alpha value is -0.680. The molecule has 3 nitrogen and oxygen atoms in total. The van der Waals surface area contributed by atoms with E-state index in [9.17, 15) is 9.59 Å². The summed E-state index contributed by atoms with van der Waals surface area (Å²) in [6.07, 6.45) is 0.933. The van der Waals surface area contributed by atoms with Gasteiger partial charge < -0.3 is 0 Å². The molecule has 0 fully saturated rings. The number of carbonyl (C=O) groups is 2. The van der Waals surface area contributed by atoms with Crippen molar-refractivity contribution in [2.45, 2.75) is 13.3 Å². The second-order valence-corrected chi connectivity index (χ2v) is 5.90. The molecule has 1 atom stereocenters. The van der Waals surface area contributed by atoms with Crippen molar-refractivity contribution in [3.8, 4) is 0 Å². The summed E-state index contributed by atoms with van der Waals surface area (Å²) in [5.41, 5.74) is 1.01. The fourth-order valence-corrected chi connectivity index (χ4v) is 3.00. The van der Waals surface area contributed by atoms with E-state index in [0.29, 0.717) is 23.6 Å². The molecule has 0 saturated carbocycles. The van der Waals surface area contributed by atoms with Crippen LogP contribution in [0.15, 0.2) is 22.7 Å². The maximum absolute atomic E-state index is 12.2. The lowest BCUT2D eigenvalue weighted by atomic mass is 10.1. The van der Waals surface area contributed by atoms with Gasteiger partial charge in [-0.2, -0.15) is 0 Å². The Labute approximate surface area is 123 Å². The molecule has 0 N–H and O–H groups in total. The number of nitrogens with zero attached hydrogens (tertiary/aromatic N) is 1. The molecule has 0 aromatic heterocycles. The van der Waals surface area contributed by atoms with Crippen molar-refractivity contribution >= 4 is 43.7 Å². The summed E-state index contributed by atoms with van der Waals surface area (Å²) in [5, 5.41) is 0.792. The Morgan fingerprint density at radius 3 is 2.50 bits per heavy atom. The second kappa shape index (κ2) is 5.53. The topological polar surface area (TPSA) is 37.4 Å². The molecule has 1 heterocycles. The lowest BCUT2D eigenvalue weighted by molar-refractivity contribution is 0.0633. The molecule has 1 aliphatic heterocycles. The van der Waals surface area contributed by atoms with Crippen LogP contribution in [-0.4, -0.2) is 28.6 Å². The lowest BCUT2D eigenvalue weighted by Gasteiger charge is -2.19. The van der Waals surface area contributed by atoms with Crippen molar-refractivity contribution in [3.63, 3.8) is 0 Å². The van der Waals surface area contributed by atoms with E-state index in [1.165, 1.54) is 4.90 Å². The van der Waals surface area contributed by atoms with E-state index >= 15 is 0 Å². The highest BCUT2D eigenvalue weighted by atomic mass is 79.9. The van der Waals surface area contributed by atoms with Crippen LogP contribution in [0.3, 0.4) is 0 Å². The van der Waals surface area contributed by atoms with Gasteiger partial charge in [0, 0.05) is 16.3 Å². The van der Waals surface area contributed by atoms with Crippen LogP contribution in [0.1, 0.15) is 34.1 Å². The maximum Gasteiger partial charge on any atom is 0.261 e. The van der Waals surface area contributed by atoms with Crippen molar-refractivity contribution in [2.24, 2.45) is 5.92 Å². The van der Waals surface area contributed by atoms with Crippen molar-refractivity contribution in [1.29, 1.82) is 0 Å². The SMILES string of the molecule is CCC(CBr)CN1C(=O)c2ccc(Br)cc2C1=O. The van der Waals surface area contributed by atoms with Gasteiger partial charge >= 0.3 is 0 Å². The standard InChI is InChI=1S/C13H13Br2NO2/c1-2-8(6-14)7-16-12(17)10-4-3-9(15)5-11(10)13(16)18/h3-5,8H,2,6-7H2,1H3. The predicted octanol–water partition coefficient (Wildman–Crippen LogP) is 3.47. The van der Waals surface area contributed by atoms with E-state index in [2.05, 4.69) is 38.8 Å². The third-order valence-electron chi connectivity index (χ3n) is 3.17. The molecule has 1 aliphatic rings. The van der Waals surface area contributed by atoms with Gasteiger partial charge in [0.25, 0.3) is 11.8 Å². The number of amides is 2. The molecule has 96 valence electrons. The van der Waals surface area contributed by atoms with Gasteiger partial charge in [-0.1, -0.05) is 45.2 Å². The van der Waals surface area contributed by atoms with E-state index in [-0.39, 0.29) is 11.8 Å². The number of carbonyl (C=O) groups excluding carboxylic acids is 2. The van der Waals surface area contributed by atoms with Gasteiger partial charge in [-0.3, -0.25) is 14.5 Å². The molecular weight excluding hydrogens is 362 g/mol. The van der Waals surface area contributed by atoms with E-state index in [1.807, 2.05) is 0 Å². The predicted molar refractivity (Wildman–Crippen MR) is 77.1 cm³/mol. The van der Waals surface area contributed by atoms with Crippen LogP contribution in [0.4, 0.5) is 0 Å². The molecule has 5 heteroatoms. The van der Waals surface area contributed by atoms with Crippen LogP contribution < -0.4 is 0 Å². The zero-order valence-electron chi connectivity index (χ0n) is 9.95. The molecular formula is C13H13Br2NO2. The minimum Gasteiger partial charge on any atom is -0.274 e. The summed E-state index contributed by atoms with van der Waals surface area (Å²) in [6.45, 7) is 2.53. The molecule has 18 heavy (non-hydrogen) atoms. The number of halogens is 2. The zero-order valence-corrected chi connectivity index (χ0v) is 13.1. The number of benzene rings is 1. The fourth-order valence-electron chi connectivity index (χ4n) is 1.97. The molecule has 1 unspecified atom stereocenters. The summed E-state index contributed by atoms with van der Waals surface area (Å²) in [6, 6.07) is 5.20. The molecule has 0 radical (unpaired) electrons. The van der Waals surface area contributed by atoms with Crippen LogP contribution in [0.5, 0.6) is 0 Å². The summed E-state index contributed by atoms with van der Waals surface area (Å²) in [5.74, 6) is -0.0618. The number of hydrogen-bond acceptors (Lipinski definition) is 2. The van der Waals surface area contributed by atoms with Gasteiger partial charge in [0.05, 0.1) is 11.1 Å². The maximum atomic E-state index is 12.2. The van der Waals surface area contributed by atoms with E-state index in [4.69, 9.17) is 0 Å². The lowest BCUT2D eigenvalue weighted by Crippen LogP contribution is -2.34. The number of alkyl halides is 1. The molecule has 0 aliphatic carbocycles. The summed E-state index contributed by atoms with van der Waals surface area (Å²) >= 11 is 6.73. The van der Waals surface area contributed by atoms with Gasteiger partial charge in [0.15, 0.2) is 0 Å². The summed E-state index contributed by atoms with van der Waals surface area (Å²) in [4.78, 5) is 25.7. The number of rotatable bonds is 4. The monoisotopic (exact) mass is 373 g/mol. The Morgan fingerprint density at radius 1 is 1.22 bits per heavy atom. The average molecular weight is 375 g/mol. The van der Waals surface area contributed by atoms with Crippen LogP contribution in [0.25, 0.3) is 0 Å². The van der Waals surface area contributed by atoms with Crippen molar-refractivity contribution in [1.82, 2.24) is 4.90 Å². The van der Waals surface area contributed by atoms with Crippen LogP contribution >= 0.6 is 31.9 Å². The number of hydrogen-bond donors (Lipinski definition) is 0. The van der Waals surface area contributed by atoms with Crippen LogP contribution in [0.2, 0.25) is 0 Å². The highest BCUT2D eigenvalue weighted by Crippen LogP contribution is 2.27. The molecule has 0 spiro atoms. The summed E-state index contributed by atoms with van der Waals surface area (Å²) < 4.78 is 0.816. The Balaban J connectivity index is 2.28. The minimum atomic E-state index is -0.185. The fraction of sp³-hybridized carbons (Fsp3) is 0.385. The van der Waals surface area contributed by atoms with Gasteiger partial charge in [-0.15, -0.1) is 0 Å². The van der Waals surface area contributed by atoms with Crippen molar-refractivity contribution in [2.75, 3.05) is 11.9 Å². The van der Waals surface area contributed by atoms with Crippen LogP contribution in [-0.2, 0) is 0 Å². The minimum absolute atomic E-state index is 0.179. The highest BCUT2D eigenvalue weighted by Gasteiger charge is 2.36. The normalized spacial score (nSPS) is 16.1. The molecule has 1 aromatic rings. The Kier molecular flexibility index (Phi) is 4.22. The van der Waals surface area contributed by atoms with Gasteiger partial charge in [-0.05, 0) is 24.1 Å². The summed E-state index contributed by atoms with van der Waals surface area (Å²) in [7, 11) is 0. The van der Waals surface area contributed by atoms with Gasteiger partial charge in [0.1, 0.15) is 0 Å². The first-order valence-corrected chi connectivity index (χ1v) is 7.71. The molecule has 2 amide bonds. The Bertz CT molecular complexity index is 498. The van der Waals surface area contributed by atoms with Gasteiger partial charge in [0.2, 0.25) is 0 Å². The second-order valence-electron chi connectivity index (χ2n) is 4.34. The third-order valence-corrected chi connectivity index (χ3v) is 4.58. The largest absolute Gasteiger partial charge is 0.274 e. The quantitative estimate of drug-likeness (QED) is 0.597. The first kappa shape index (κ1) is 13.7. The third kappa shape index (κ3) is 2.38. The van der Waals surface area contributed by atoms with E-state index < -0.39 is 0 Å². The van der Waals surface area contributed by atoms with Crippen LogP contribution in [0, 0.1) is 5.92 Å². The molecule has 0 saturated heterocycles. The molecule has 1 aromatic carbocycles. The van der Waals surface area contributed by atoms with Gasteiger partial charge in [-0.25, -0.2) is 0 Å². The molecule has 2 rings (SSSR count). The first-order valence-electron chi connectivity index (χ1n) is 5.80. The Morgan fingerprint density at radius 2 is 1.89 bits per heavy atom. The molecule has 0 bridgehead atoms. The first-order chi connectivity index (χ1) is 8.58. The zero-order chi connectivity index (χ0) is 13.3. The van der Waals surface area contributed by atoms with E-state index in [1.54, 1.807) is 18.2 Å². The van der Waals surface area contributed by atoms with E-state index in [0.717, 1.165) is 16.2 Å². The average Bonchev–Trinajstić information content (AvgIpc) is 2.60. The van der Waals surface area contributed by atoms with Crippen molar-refractivity contribution in [3.05, 3.63) is 33.8 Å². The van der Waals surface area contributed by atoms with Crippen molar-refractivity contribution < 1.29 is 9.59 Å². The smallest absolute Gasteiger partial charge is 0.261 e. The number of imide groups is 1. The highest BCUT2D eigenvalue weighted by molar-refractivity contribution is 9.10. The number of fused-ring (bicyclic) bond motifs is 1.